The number of carbonyl (C=O) groups excluding carboxylic acids is 2. The zero-order valence-corrected chi connectivity index (χ0v) is 11.0. The minimum Gasteiger partial charge on any atom is -0.385 e. The van der Waals surface area contributed by atoms with Crippen molar-refractivity contribution in [2.75, 3.05) is 26.8 Å². The van der Waals surface area contributed by atoms with E-state index in [0.717, 1.165) is 38.8 Å². The van der Waals surface area contributed by atoms with Crippen LogP contribution in [0, 0.1) is 5.92 Å². The van der Waals surface area contributed by atoms with E-state index in [1.807, 2.05) is 4.90 Å². The molecule has 2 amide bonds. The first kappa shape index (κ1) is 13.3. The van der Waals surface area contributed by atoms with Crippen molar-refractivity contribution in [2.45, 2.75) is 38.1 Å². The lowest BCUT2D eigenvalue weighted by Gasteiger charge is -2.23. The van der Waals surface area contributed by atoms with Gasteiger partial charge in [0.1, 0.15) is 6.04 Å². The second-order valence-electron chi connectivity index (χ2n) is 5.16. The summed E-state index contributed by atoms with van der Waals surface area (Å²) in [4.78, 5) is 25.7. The molecule has 102 valence electrons. The summed E-state index contributed by atoms with van der Waals surface area (Å²) in [5.41, 5.74) is 0. The molecule has 0 aromatic heterocycles. The van der Waals surface area contributed by atoms with Gasteiger partial charge >= 0.3 is 0 Å². The minimum absolute atomic E-state index is 0.0136. The molecule has 1 aliphatic heterocycles. The summed E-state index contributed by atoms with van der Waals surface area (Å²) in [5, 5.41) is 2.87. The van der Waals surface area contributed by atoms with E-state index < -0.39 is 0 Å². The number of rotatable bonds is 6. The summed E-state index contributed by atoms with van der Waals surface area (Å²) in [6.45, 7) is 2.02. The molecule has 2 aliphatic rings. The maximum absolute atomic E-state index is 12.3. The van der Waals surface area contributed by atoms with Crippen LogP contribution in [0.1, 0.15) is 32.1 Å². The van der Waals surface area contributed by atoms with Gasteiger partial charge in [0.05, 0.1) is 0 Å². The zero-order valence-electron chi connectivity index (χ0n) is 11.0. The van der Waals surface area contributed by atoms with Crippen molar-refractivity contribution >= 4 is 11.8 Å². The summed E-state index contributed by atoms with van der Waals surface area (Å²) in [6.07, 6.45) is 4.45. The largest absolute Gasteiger partial charge is 0.385 e. The SMILES string of the molecule is COCCCCN1CCC(=O)NC(C2CC2)C1=O. The molecule has 1 heterocycles. The number of amides is 2. The molecule has 0 radical (unpaired) electrons. The van der Waals surface area contributed by atoms with Crippen molar-refractivity contribution in [3.63, 3.8) is 0 Å². The Kier molecular flexibility index (Phi) is 4.58. The van der Waals surface area contributed by atoms with E-state index in [-0.39, 0.29) is 17.9 Å². The van der Waals surface area contributed by atoms with Gasteiger partial charge in [0.25, 0.3) is 0 Å². The highest BCUT2D eigenvalue weighted by Gasteiger charge is 2.40. The first-order chi connectivity index (χ1) is 8.72. The van der Waals surface area contributed by atoms with Crippen LogP contribution in [0.3, 0.4) is 0 Å². The summed E-state index contributed by atoms with van der Waals surface area (Å²) in [6, 6.07) is -0.262. The summed E-state index contributed by atoms with van der Waals surface area (Å²) < 4.78 is 5.00. The van der Waals surface area contributed by atoms with E-state index in [0.29, 0.717) is 18.9 Å². The molecule has 2 fully saturated rings. The number of nitrogens with one attached hydrogen (secondary N) is 1. The van der Waals surface area contributed by atoms with Crippen molar-refractivity contribution in [1.82, 2.24) is 10.2 Å². The van der Waals surface area contributed by atoms with Crippen molar-refractivity contribution in [3.05, 3.63) is 0 Å². The molecule has 1 saturated carbocycles. The average molecular weight is 254 g/mol. The normalized spacial score (nSPS) is 24.9. The fourth-order valence-electron chi connectivity index (χ4n) is 2.37. The van der Waals surface area contributed by atoms with Crippen molar-refractivity contribution in [2.24, 2.45) is 5.92 Å². The molecule has 2 rings (SSSR count). The van der Waals surface area contributed by atoms with E-state index in [9.17, 15) is 9.59 Å². The molecule has 0 aromatic rings. The van der Waals surface area contributed by atoms with Gasteiger partial charge in [-0.2, -0.15) is 0 Å². The molecule has 0 spiro atoms. The van der Waals surface area contributed by atoms with Gasteiger partial charge in [-0.3, -0.25) is 9.59 Å². The quantitative estimate of drug-likeness (QED) is 0.704. The summed E-state index contributed by atoms with van der Waals surface area (Å²) in [7, 11) is 1.68. The Bertz CT molecular complexity index is 315. The zero-order chi connectivity index (χ0) is 13.0. The van der Waals surface area contributed by atoms with Crippen molar-refractivity contribution in [3.8, 4) is 0 Å². The van der Waals surface area contributed by atoms with Crippen LogP contribution in [-0.2, 0) is 14.3 Å². The van der Waals surface area contributed by atoms with Gasteiger partial charge < -0.3 is 15.0 Å². The van der Waals surface area contributed by atoms with Gasteiger partial charge in [0.15, 0.2) is 0 Å². The molecule has 1 atom stereocenters. The van der Waals surface area contributed by atoms with Gasteiger partial charge in [-0.1, -0.05) is 0 Å². The van der Waals surface area contributed by atoms with Crippen molar-refractivity contribution in [1.29, 1.82) is 0 Å². The molecular formula is C13H22N2O3. The predicted molar refractivity (Wildman–Crippen MR) is 67.0 cm³/mol. The average Bonchev–Trinajstić information content (AvgIpc) is 3.18. The third-order valence-corrected chi connectivity index (χ3v) is 3.62. The molecule has 1 saturated heterocycles. The van der Waals surface area contributed by atoms with Gasteiger partial charge in [-0.05, 0) is 31.6 Å². The van der Waals surface area contributed by atoms with Crippen molar-refractivity contribution < 1.29 is 14.3 Å². The lowest BCUT2D eigenvalue weighted by atomic mass is 10.1. The molecule has 1 N–H and O–H groups in total. The topological polar surface area (TPSA) is 58.6 Å². The van der Waals surface area contributed by atoms with E-state index in [4.69, 9.17) is 4.74 Å². The van der Waals surface area contributed by atoms with Crippen LogP contribution in [0.4, 0.5) is 0 Å². The van der Waals surface area contributed by atoms with E-state index >= 15 is 0 Å². The number of methoxy groups -OCH3 is 1. The lowest BCUT2D eigenvalue weighted by Crippen LogP contribution is -2.46. The second-order valence-corrected chi connectivity index (χ2v) is 5.16. The Morgan fingerprint density at radius 3 is 2.78 bits per heavy atom. The fourth-order valence-corrected chi connectivity index (χ4v) is 2.37. The first-order valence-electron chi connectivity index (χ1n) is 6.79. The van der Waals surface area contributed by atoms with Crippen LogP contribution >= 0.6 is 0 Å². The molecule has 0 bridgehead atoms. The number of ether oxygens (including phenoxy) is 1. The predicted octanol–water partition coefficient (Wildman–Crippen LogP) is 0.540. The van der Waals surface area contributed by atoms with Crippen LogP contribution in [-0.4, -0.2) is 49.6 Å². The molecule has 0 aromatic carbocycles. The number of hydrogen-bond acceptors (Lipinski definition) is 3. The van der Waals surface area contributed by atoms with Crippen LogP contribution in [0.25, 0.3) is 0 Å². The number of nitrogens with zero attached hydrogens (tertiary/aromatic N) is 1. The minimum atomic E-state index is -0.262. The van der Waals surface area contributed by atoms with Crippen LogP contribution < -0.4 is 5.32 Å². The third kappa shape index (κ3) is 3.45. The Balaban J connectivity index is 1.87. The monoisotopic (exact) mass is 254 g/mol. The Morgan fingerprint density at radius 2 is 2.11 bits per heavy atom. The van der Waals surface area contributed by atoms with Crippen LogP contribution in [0.5, 0.6) is 0 Å². The molecule has 18 heavy (non-hydrogen) atoms. The maximum Gasteiger partial charge on any atom is 0.245 e. The Labute approximate surface area is 108 Å². The number of unbranched alkanes of at least 4 members (excludes halogenated alkanes) is 1. The highest BCUT2D eigenvalue weighted by Crippen LogP contribution is 2.34. The van der Waals surface area contributed by atoms with Gasteiger partial charge in [-0.15, -0.1) is 0 Å². The van der Waals surface area contributed by atoms with Gasteiger partial charge in [0, 0.05) is 33.2 Å². The number of hydrogen-bond donors (Lipinski definition) is 1. The molecular weight excluding hydrogens is 232 g/mol. The molecule has 1 unspecified atom stereocenters. The maximum atomic E-state index is 12.3. The smallest absolute Gasteiger partial charge is 0.245 e. The molecule has 5 nitrogen and oxygen atoms in total. The fraction of sp³-hybridized carbons (Fsp3) is 0.846. The van der Waals surface area contributed by atoms with E-state index in [1.54, 1.807) is 7.11 Å². The third-order valence-electron chi connectivity index (χ3n) is 3.62. The van der Waals surface area contributed by atoms with Gasteiger partial charge in [0.2, 0.25) is 11.8 Å². The molecule has 5 heteroatoms. The van der Waals surface area contributed by atoms with Crippen LogP contribution in [0.15, 0.2) is 0 Å². The Hall–Kier alpha value is -1.10. The van der Waals surface area contributed by atoms with Crippen LogP contribution in [0.2, 0.25) is 0 Å². The first-order valence-corrected chi connectivity index (χ1v) is 6.79. The highest BCUT2D eigenvalue weighted by atomic mass is 16.5. The van der Waals surface area contributed by atoms with E-state index in [1.165, 1.54) is 0 Å². The summed E-state index contributed by atoms with van der Waals surface area (Å²) in [5.74, 6) is 0.501. The summed E-state index contributed by atoms with van der Waals surface area (Å²) >= 11 is 0. The second kappa shape index (κ2) is 6.18. The van der Waals surface area contributed by atoms with Gasteiger partial charge in [-0.25, -0.2) is 0 Å². The molecule has 1 aliphatic carbocycles. The number of carbonyl (C=O) groups is 2. The Morgan fingerprint density at radius 1 is 1.33 bits per heavy atom. The van der Waals surface area contributed by atoms with E-state index in [2.05, 4.69) is 5.32 Å². The lowest BCUT2D eigenvalue weighted by molar-refractivity contribution is -0.134. The standard InChI is InChI=1S/C13H22N2O3/c1-18-9-3-2-7-15-8-6-11(16)14-12(13(15)17)10-4-5-10/h10,12H,2-9H2,1H3,(H,14,16). The highest BCUT2D eigenvalue weighted by molar-refractivity contribution is 5.90.